The predicted molar refractivity (Wildman–Crippen MR) is 77.8 cm³/mol. The molecule has 19 heavy (non-hydrogen) atoms. The number of carbonyl (C=O) groups excluding carboxylic acids is 1. The van der Waals surface area contributed by atoms with Gasteiger partial charge < -0.3 is 11.1 Å². The van der Waals surface area contributed by atoms with Crippen molar-refractivity contribution >= 4 is 5.91 Å². The molecule has 0 aliphatic heterocycles. The molecule has 2 rings (SSSR count). The molecule has 0 aromatic heterocycles. The second-order valence-electron chi connectivity index (χ2n) is 5.56. The monoisotopic (exact) mass is 260 g/mol. The summed E-state index contributed by atoms with van der Waals surface area (Å²) < 4.78 is 0. The molecule has 1 fully saturated rings. The van der Waals surface area contributed by atoms with Crippen molar-refractivity contribution in [2.45, 2.75) is 51.6 Å². The highest BCUT2D eigenvalue weighted by molar-refractivity contribution is 5.94. The van der Waals surface area contributed by atoms with E-state index in [0.29, 0.717) is 12.5 Å². The summed E-state index contributed by atoms with van der Waals surface area (Å²) in [6.07, 6.45) is 6.44. The van der Waals surface area contributed by atoms with Gasteiger partial charge in [-0.1, -0.05) is 31.4 Å². The first-order chi connectivity index (χ1) is 9.20. The molecule has 3 N–H and O–H groups in total. The SMILES string of the molecule is C[C@@H](NC(=O)c1ccc(CN)cc1)C1CCCCC1. The normalized spacial score (nSPS) is 18.0. The maximum atomic E-state index is 12.2. The number of nitrogens with two attached hydrogens (primary N) is 1. The Balaban J connectivity index is 1.91. The quantitative estimate of drug-likeness (QED) is 0.874. The lowest BCUT2D eigenvalue weighted by atomic mass is 9.84. The van der Waals surface area contributed by atoms with Crippen molar-refractivity contribution in [1.29, 1.82) is 0 Å². The summed E-state index contributed by atoms with van der Waals surface area (Å²) in [7, 11) is 0. The van der Waals surface area contributed by atoms with Gasteiger partial charge in [-0.3, -0.25) is 4.79 Å². The smallest absolute Gasteiger partial charge is 0.251 e. The topological polar surface area (TPSA) is 55.1 Å². The highest BCUT2D eigenvalue weighted by Crippen LogP contribution is 2.26. The Kier molecular flexibility index (Phi) is 4.97. The van der Waals surface area contributed by atoms with Crippen LogP contribution in [0.1, 0.15) is 54.9 Å². The van der Waals surface area contributed by atoms with Crippen LogP contribution in [0.15, 0.2) is 24.3 Å². The molecule has 3 nitrogen and oxygen atoms in total. The third-order valence-corrected chi connectivity index (χ3v) is 4.17. The molecule has 1 saturated carbocycles. The second kappa shape index (κ2) is 6.71. The van der Waals surface area contributed by atoms with Crippen LogP contribution in [0.25, 0.3) is 0 Å². The maximum Gasteiger partial charge on any atom is 0.251 e. The minimum Gasteiger partial charge on any atom is -0.349 e. The Labute approximate surface area is 115 Å². The van der Waals surface area contributed by atoms with Crippen molar-refractivity contribution < 1.29 is 4.79 Å². The summed E-state index contributed by atoms with van der Waals surface area (Å²) in [5.74, 6) is 0.669. The summed E-state index contributed by atoms with van der Waals surface area (Å²) in [5.41, 5.74) is 7.33. The van der Waals surface area contributed by atoms with Gasteiger partial charge in [0, 0.05) is 18.2 Å². The average Bonchev–Trinajstić information content (AvgIpc) is 2.48. The molecule has 0 saturated heterocycles. The van der Waals surface area contributed by atoms with Gasteiger partial charge in [0.05, 0.1) is 0 Å². The minimum absolute atomic E-state index is 0.0293. The summed E-state index contributed by atoms with van der Waals surface area (Å²) in [5, 5.41) is 3.13. The fraction of sp³-hybridized carbons (Fsp3) is 0.562. The van der Waals surface area contributed by atoms with Crippen molar-refractivity contribution in [2.75, 3.05) is 0 Å². The van der Waals surface area contributed by atoms with E-state index in [1.807, 2.05) is 24.3 Å². The summed E-state index contributed by atoms with van der Waals surface area (Å²) in [6, 6.07) is 7.80. The molecule has 0 bridgehead atoms. The molecule has 1 aliphatic carbocycles. The maximum absolute atomic E-state index is 12.2. The van der Waals surface area contributed by atoms with Crippen molar-refractivity contribution in [3.8, 4) is 0 Å². The van der Waals surface area contributed by atoms with Crippen LogP contribution in [0, 0.1) is 5.92 Å². The Morgan fingerprint density at radius 1 is 1.26 bits per heavy atom. The fourth-order valence-corrected chi connectivity index (χ4v) is 2.83. The van der Waals surface area contributed by atoms with Crippen molar-refractivity contribution in [3.63, 3.8) is 0 Å². The Bertz CT molecular complexity index is 407. The third-order valence-electron chi connectivity index (χ3n) is 4.17. The van der Waals surface area contributed by atoms with Gasteiger partial charge in [0.2, 0.25) is 0 Å². The molecule has 1 aromatic carbocycles. The van der Waals surface area contributed by atoms with Crippen LogP contribution in [0.3, 0.4) is 0 Å². The predicted octanol–water partition coefficient (Wildman–Crippen LogP) is 2.84. The van der Waals surface area contributed by atoms with Crippen LogP contribution in [-0.4, -0.2) is 11.9 Å². The number of amides is 1. The number of benzene rings is 1. The van der Waals surface area contributed by atoms with Crippen molar-refractivity contribution in [3.05, 3.63) is 35.4 Å². The van der Waals surface area contributed by atoms with Crippen LogP contribution in [0.2, 0.25) is 0 Å². The van der Waals surface area contributed by atoms with Crippen LogP contribution >= 0.6 is 0 Å². The van der Waals surface area contributed by atoms with Gasteiger partial charge in [-0.15, -0.1) is 0 Å². The van der Waals surface area contributed by atoms with Crippen LogP contribution in [0.5, 0.6) is 0 Å². The van der Waals surface area contributed by atoms with E-state index in [2.05, 4.69) is 12.2 Å². The van der Waals surface area contributed by atoms with Gasteiger partial charge in [0.1, 0.15) is 0 Å². The number of hydrogen-bond donors (Lipinski definition) is 2. The molecule has 0 radical (unpaired) electrons. The summed E-state index contributed by atoms with van der Waals surface area (Å²) in [6.45, 7) is 2.64. The summed E-state index contributed by atoms with van der Waals surface area (Å²) >= 11 is 0. The van der Waals surface area contributed by atoms with E-state index in [4.69, 9.17) is 5.73 Å². The Morgan fingerprint density at radius 2 is 1.89 bits per heavy atom. The molecule has 1 aromatic rings. The first-order valence-corrected chi connectivity index (χ1v) is 7.30. The minimum atomic E-state index is 0.0293. The highest BCUT2D eigenvalue weighted by atomic mass is 16.1. The first-order valence-electron chi connectivity index (χ1n) is 7.30. The zero-order chi connectivity index (χ0) is 13.7. The van der Waals surface area contributed by atoms with E-state index >= 15 is 0 Å². The molecule has 104 valence electrons. The standard InChI is InChI=1S/C16H24N2O/c1-12(14-5-3-2-4-6-14)18-16(19)15-9-7-13(11-17)8-10-15/h7-10,12,14H,2-6,11,17H2,1H3,(H,18,19)/t12-/m1/s1. The van der Waals surface area contributed by atoms with Gasteiger partial charge in [0.15, 0.2) is 0 Å². The highest BCUT2D eigenvalue weighted by Gasteiger charge is 2.21. The van der Waals surface area contributed by atoms with E-state index < -0.39 is 0 Å². The van der Waals surface area contributed by atoms with E-state index in [1.54, 1.807) is 0 Å². The first kappa shape index (κ1) is 14.1. The second-order valence-corrected chi connectivity index (χ2v) is 5.56. The lowest BCUT2D eigenvalue weighted by molar-refractivity contribution is 0.0919. The largest absolute Gasteiger partial charge is 0.349 e. The van der Waals surface area contributed by atoms with Gasteiger partial charge in [0.25, 0.3) is 5.91 Å². The number of nitrogens with one attached hydrogen (secondary N) is 1. The van der Waals surface area contributed by atoms with E-state index in [1.165, 1.54) is 32.1 Å². The lowest BCUT2D eigenvalue weighted by Gasteiger charge is -2.28. The third kappa shape index (κ3) is 3.80. The lowest BCUT2D eigenvalue weighted by Crippen LogP contribution is -2.38. The molecular weight excluding hydrogens is 236 g/mol. The molecule has 0 spiro atoms. The Morgan fingerprint density at radius 3 is 2.47 bits per heavy atom. The Hall–Kier alpha value is -1.35. The van der Waals surface area contributed by atoms with Crippen molar-refractivity contribution in [2.24, 2.45) is 11.7 Å². The zero-order valence-corrected chi connectivity index (χ0v) is 11.7. The molecule has 3 heteroatoms. The van der Waals surface area contributed by atoms with Gasteiger partial charge in [-0.2, -0.15) is 0 Å². The van der Waals surface area contributed by atoms with Crippen LogP contribution < -0.4 is 11.1 Å². The van der Waals surface area contributed by atoms with Crippen LogP contribution in [0.4, 0.5) is 0 Å². The van der Waals surface area contributed by atoms with Crippen LogP contribution in [-0.2, 0) is 6.54 Å². The molecule has 1 aliphatic rings. The average molecular weight is 260 g/mol. The van der Waals surface area contributed by atoms with E-state index in [-0.39, 0.29) is 11.9 Å². The zero-order valence-electron chi connectivity index (χ0n) is 11.7. The molecule has 0 unspecified atom stereocenters. The van der Waals surface area contributed by atoms with Crippen molar-refractivity contribution in [1.82, 2.24) is 5.32 Å². The molecular formula is C16H24N2O. The number of carbonyl (C=O) groups is 1. The van der Waals surface area contributed by atoms with Gasteiger partial charge >= 0.3 is 0 Å². The van der Waals surface area contributed by atoms with Gasteiger partial charge in [-0.05, 0) is 43.4 Å². The molecule has 1 atom stereocenters. The van der Waals surface area contributed by atoms with E-state index in [9.17, 15) is 4.79 Å². The fourth-order valence-electron chi connectivity index (χ4n) is 2.83. The molecule has 0 heterocycles. The number of rotatable bonds is 4. The number of hydrogen-bond acceptors (Lipinski definition) is 2. The summed E-state index contributed by atoms with van der Waals surface area (Å²) in [4.78, 5) is 12.2. The van der Waals surface area contributed by atoms with Gasteiger partial charge in [-0.25, -0.2) is 0 Å². The molecule has 1 amide bonds. The van der Waals surface area contributed by atoms with E-state index in [0.717, 1.165) is 11.1 Å².